The van der Waals surface area contributed by atoms with Gasteiger partial charge in [0, 0.05) is 6.08 Å². The molecule has 1 atom stereocenters. The molecule has 0 aromatic heterocycles. The molecule has 0 radical (unpaired) electrons. The van der Waals surface area contributed by atoms with Gasteiger partial charge in [0.2, 0.25) is 0 Å². The van der Waals surface area contributed by atoms with E-state index >= 15 is 0 Å². The molecule has 156 valence electrons. The van der Waals surface area contributed by atoms with Gasteiger partial charge in [0.05, 0.1) is 16.7 Å². The third-order valence-corrected chi connectivity index (χ3v) is 3.78. The molecular weight excluding hydrogens is 409 g/mol. The molecule has 2 rings (SSSR count). The lowest BCUT2D eigenvalue weighted by molar-refractivity contribution is -0.141. The van der Waals surface area contributed by atoms with Crippen LogP contribution in [0.4, 0.5) is 13.2 Å². The smallest absolute Gasteiger partial charge is 0.416 e. The SMILES string of the molecule is CC(C)OC(=O)/C=C/C(C)Oc1ccc(Oc2ccc(C(F)(F)F)cc2Cl)cc1. The third-order valence-electron chi connectivity index (χ3n) is 3.49. The van der Waals surface area contributed by atoms with Gasteiger partial charge in [-0.1, -0.05) is 11.6 Å². The van der Waals surface area contributed by atoms with E-state index in [0.29, 0.717) is 11.5 Å². The topological polar surface area (TPSA) is 44.8 Å². The van der Waals surface area contributed by atoms with E-state index in [2.05, 4.69) is 0 Å². The largest absolute Gasteiger partial charge is 0.487 e. The van der Waals surface area contributed by atoms with E-state index < -0.39 is 17.7 Å². The van der Waals surface area contributed by atoms with Crippen LogP contribution in [0.1, 0.15) is 26.3 Å². The summed E-state index contributed by atoms with van der Waals surface area (Å²) in [5, 5.41) is -0.146. The zero-order valence-corrected chi connectivity index (χ0v) is 16.8. The van der Waals surface area contributed by atoms with E-state index in [1.807, 2.05) is 0 Å². The molecule has 0 saturated heterocycles. The molecule has 0 saturated carbocycles. The summed E-state index contributed by atoms with van der Waals surface area (Å²) in [6.07, 6.45) is -2.19. The standard InChI is InChI=1S/C21H20ClF3O4/c1-13(2)27-20(26)11-4-14(3)28-16-6-8-17(9-7-16)29-19-10-5-15(12-18(19)22)21(23,24)25/h4-14H,1-3H3/b11-4+. The first kappa shape index (κ1) is 22.6. The first-order chi connectivity index (χ1) is 13.5. The van der Waals surface area contributed by atoms with Crippen molar-refractivity contribution in [1.29, 1.82) is 0 Å². The molecule has 0 aliphatic rings. The average Bonchev–Trinajstić information content (AvgIpc) is 2.62. The van der Waals surface area contributed by atoms with Gasteiger partial charge in [-0.25, -0.2) is 4.79 Å². The highest BCUT2D eigenvalue weighted by Gasteiger charge is 2.31. The number of alkyl halides is 3. The van der Waals surface area contributed by atoms with E-state index in [0.717, 1.165) is 12.1 Å². The third kappa shape index (κ3) is 7.34. The van der Waals surface area contributed by atoms with E-state index in [4.69, 9.17) is 25.8 Å². The molecule has 0 N–H and O–H groups in total. The summed E-state index contributed by atoms with van der Waals surface area (Å²) in [5.41, 5.74) is -0.849. The molecule has 1 unspecified atom stereocenters. The normalized spacial score (nSPS) is 12.8. The van der Waals surface area contributed by atoms with Gasteiger partial charge in [-0.3, -0.25) is 0 Å². The van der Waals surface area contributed by atoms with Crippen LogP contribution in [0.2, 0.25) is 5.02 Å². The molecule has 0 aliphatic heterocycles. The first-order valence-corrected chi connectivity index (χ1v) is 9.12. The van der Waals surface area contributed by atoms with Crippen molar-refractivity contribution < 1.29 is 32.2 Å². The minimum atomic E-state index is -4.47. The molecule has 0 fully saturated rings. The van der Waals surface area contributed by atoms with E-state index in [1.54, 1.807) is 51.1 Å². The van der Waals surface area contributed by atoms with Crippen LogP contribution in [-0.2, 0) is 15.7 Å². The van der Waals surface area contributed by atoms with Crippen LogP contribution in [0, 0.1) is 0 Å². The fourth-order valence-electron chi connectivity index (χ4n) is 2.21. The van der Waals surface area contributed by atoms with Gasteiger partial charge in [-0.15, -0.1) is 0 Å². The fraction of sp³-hybridized carbons (Fsp3) is 0.286. The van der Waals surface area contributed by atoms with Crippen LogP contribution in [0.15, 0.2) is 54.6 Å². The highest BCUT2D eigenvalue weighted by atomic mass is 35.5. The Labute approximate surface area is 171 Å². The van der Waals surface area contributed by atoms with Crippen molar-refractivity contribution in [3.63, 3.8) is 0 Å². The van der Waals surface area contributed by atoms with E-state index in [-0.39, 0.29) is 23.0 Å². The summed E-state index contributed by atoms with van der Waals surface area (Å²) in [7, 11) is 0. The maximum atomic E-state index is 12.7. The van der Waals surface area contributed by atoms with Gasteiger partial charge >= 0.3 is 12.1 Å². The summed E-state index contributed by atoms with van der Waals surface area (Å²) in [6, 6.07) is 9.32. The van der Waals surface area contributed by atoms with E-state index in [1.165, 1.54) is 12.1 Å². The number of carbonyl (C=O) groups excluding carboxylic acids is 1. The number of benzene rings is 2. The highest BCUT2D eigenvalue weighted by molar-refractivity contribution is 6.32. The number of rotatable bonds is 7. The second-order valence-corrected chi connectivity index (χ2v) is 6.79. The first-order valence-electron chi connectivity index (χ1n) is 8.74. The van der Waals surface area contributed by atoms with E-state index in [9.17, 15) is 18.0 Å². The average molecular weight is 429 g/mol. The zero-order valence-electron chi connectivity index (χ0n) is 16.0. The molecule has 0 spiro atoms. The minimum absolute atomic E-state index is 0.105. The quantitative estimate of drug-likeness (QED) is 0.376. The Bertz CT molecular complexity index is 861. The molecule has 29 heavy (non-hydrogen) atoms. The van der Waals surface area contributed by atoms with Gasteiger partial charge < -0.3 is 14.2 Å². The molecule has 4 nitrogen and oxygen atoms in total. The van der Waals surface area contributed by atoms with Gasteiger partial charge in [-0.05, 0) is 69.3 Å². The number of carbonyl (C=O) groups is 1. The maximum Gasteiger partial charge on any atom is 0.416 e. The van der Waals surface area contributed by atoms with Gasteiger partial charge in [-0.2, -0.15) is 13.2 Å². The molecule has 0 aliphatic carbocycles. The van der Waals surface area contributed by atoms with Crippen molar-refractivity contribution in [1.82, 2.24) is 0 Å². The number of ether oxygens (including phenoxy) is 3. The molecule has 2 aromatic rings. The zero-order chi connectivity index (χ0) is 21.6. The highest BCUT2D eigenvalue weighted by Crippen LogP contribution is 2.36. The van der Waals surface area contributed by atoms with Crippen LogP contribution in [0.5, 0.6) is 17.2 Å². The Kier molecular flexibility index (Phi) is 7.56. The van der Waals surface area contributed by atoms with Crippen LogP contribution in [0.3, 0.4) is 0 Å². The van der Waals surface area contributed by atoms with Crippen LogP contribution in [-0.4, -0.2) is 18.2 Å². The number of hydrogen-bond acceptors (Lipinski definition) is 4. The van der Waals surface area contributed by atoms with Crippen LogP contribution >= 0.6 is 11.6 Å². The summed E-state index contributed by atoms with van der Waals surface area (Å²) >= 11 is 5.88. The predicted octanol–water partition coefficient (Wildman–Crippen LogP) is 6.43. The Morgan fingerprint density at radius 1 is 1.03 bits per heavy atom. The summed E-state index contributed by atoms with van der Waals surface area (Å²) in [4.78, 5) is 11.5. The van der Waals surface area contributed by atoms with Gasteiger partial charge in [0.1, 0.15) is 23.4 Å². The predicted molar refractivity (Wildman–Crippen MR) is 103 cm³/mol. The monoisotopic (exact) mass is 428 g/mol. The van der Waals surface area contributed by atoms with Crippen molar-refractivity contribution in [2.24, 2.45) is 0 Å². The Balaban J connectivity index is 1.97. The van der Waals surface area contributed by atoms with Crippen molar-refractivity contribution in [3.05, 3.63) is 65.2 Å². The molecule has 0 amide bonds. The van der Waals surface area contributed by atoms with Crippen molar-refractivity contribution in [3.8, 4) is 17.2 Å². The van der Waals surface area contributed by atoms with Crippen LogP contribution < -0.4 is 9.47 Å². The second-order valence-electron chi connectivity index (χ2n) is 6.38. The molecule has 8 heteroatoms. The molecular formula is C21H20ClF3O4. The lowest BCUT2D eigenvalue weighted by Crippen LogP contribution is -2.12. The van der Waals surface area contributed by atoms with Gasteiger partial charge in [0.25, 0.3) is 0 Å². The molecule has 2 aromatic carbocycles. The number of hydrogen-bond donors (Lipinski definition) is 0. The Morgan fingerprint density at radius 2 is 1.66 bits per heavy atom. The Hall–Kier alpha value is -2.67. The molecule has 0 bridgehead atoms. The second kappa shape index (κ2) is 9.69. The van der Waals surface area contributed by atoms with Crippen LogP contribution in [0.25, 0.3) is 0 Å². The molecule has 0 heterocycles. The van der Waals surface area contributed by atoms with Crippen molar-refractivity contribution >= 4 is 17.6 Å². The Morgan fingerprint density at radius 3 is 2.21 bits per heavy atom. The van der Waals surface area contributed by atoms with Gasteiger partial charge in [0.15, 0.2) is 0 Å². The maximum absolute atomic E-state index is 12.7. The minimum Gasteiger partial charge on any atom is -0.487 e. The lowest BCUT2D eigenvalue weighted by atomic mass is 10.2. The lowest BCUT2D eigenvalue weighted by Gasteiger charge is -2.13. The number of esters is 1. The fourth-order valence-corrected chi connectivity index (χ4v) is 2.43. The number of halogens is 4. The van der Waals surface area contributed by atoms with Crippen molar-refractivity contribution in [2.45, 2.75) is 39.2 Å². The summed E-state index contributed by atoms with van der Waals surface area (Å²) < 4.78 is 54.2. The summed E-state index contributed by atoms with van der Waals surface area (Å²) in [6.45, 7) is 5.27. The van der Waals surface area contributed by atoms with Crippen molar-refractivity contribution in [2.75, 3.05) is 0 Å². The summed E-state index contributed by atoms with van der Waals surface area (Å²) in [5.74, 6) is 0.550.